The van der Waals surface area contributed by atoms with Crippen molar-refractivity contribution < 1.29 is 59.9 Å². The molecule has 0 spiro atoms. The Bertz CT molecular complexity index is 736. The molecule has 0 heterocycles. The number of carbonyl (C=O) groups excluding carboxylic acids is 3. The van der Waals surface area contributed by atoms with Gasteiger partial charge in [-0.1, -0.05) is 0 Å². The zero-order valence-electron chi connectivity index (χ0n) is 32.2. The molecule has 0 unspecified atom stereocenters. The molecule has 0 aliphatic heterocycles. The predicted octanol–water partition coefficient (Wildman–Crippen LogP) is 7.78. The first-order valence-electron chi connectivity index (χ1n) is 19.2. The monoisotopic (exact) mass is 754 g/mol. The van der Waals surface area contributed by atoms with Crippen molar-refractivity contribution in [2.45, 2.75) is 144 Å². The Morgan fingerprint density at radius 2 is 0.640 bits per heavy atom. The van der Waals surface area contributed by atoms with E-state index in [0.717, 1.165) is 64.2 Å². The average molecular weight is 755 g/mol. The molecule has 0 fully saturated rings. The largest absolute Gasteiger partial charge is 0.508 e. The van der Waals surface area contributed by atoms with Gasteiger partial charge in [-0.2, -0.15) is 0 Å². The first kappa shape index (κ1) is 48.4. The molecule has 0 saturated carbocycles. The lowest BCUT2D eigenvalue weighted by Crippen LogP contribution is -2.45. The summed E-state index contributed by atoms with van der Waals surface area (Å²) in [4.78, 5) is 35.9. The van der Waals surface area contributed by atoms with Crippen LogP contribution in [0.4, 0.5) is 4.79 Å². The summed E-state index contributed by atoms with van der Waals surface area (Å²) in [6.45, 7) is 16.2. The molecule has 0 radical (unpaired) electrons. The summed E-state index contributed by atoms with van der Waals surface area (Å²) < 4.78 is 56.0. The molecule has 15 heteroatoms. The van der Waals surface area contributed by atoms with Crippen LogP contribution in [0.15, 0.2) is 0 Å². The number of ether oxygens (including phenoxy) is 4. The van der Waals surface area contributed by atoms with Gasteiger partial charge in [0.05, 0.1) is 26.4 Å². The van der Waals surface area contributed by atoms with Crippen LogP contribution in [0.3, 0.4) is 0 Å². The van der Waals surface area contributed by atoms with Crippen LogP contribution in [0, 0.1) is 0 Å². The Hall–Kier alpha value is -1.60. The molecule has 0 atom stereocenters. The molecule has 296 valence electrons. The average Bonchev–Trinajstić information content (AvgIpc) is 3.08. The third-order valence-electron chi connectivity index (χ3n) is 7.46. The minimum Gasteiger partial charge on any atom is -0.466 e. The SMILES string of the molecule is CCO[Si](CCCCC(=O)OCCCCCCOC(=O)OCCCCCCOC(=O)CCCC[Si](OCC)(OCC)OCC)(OCC)OCC. The van der Waals surface area contributed by atoms with Gasteiger partial charge in [0.25, 0.3) is 0 Å². The van der Waals surface area contributed by atoms with Gasteiger partial charge in [-0.05, 0) is 119 Å². The summed E-state index contributed by atoms with van der Waals surface area (Å²) in [5.74, 6) is -0.387. The maximum Gasteiger partial charge on any atom is 0.508 e. The third-order valence-corrected chi connectivity index (χ3v) is 13.8. The van der Waals surface area contributed by atoms with Gasteiger partial charge < -0.3 is 45.5 Å². The molecular weight excluding hydrogens is 685 g/mol. The van der Waals surface area contributed by atoms with Gasteiger partial charge in [-0.3, -0.25) is 9.59 Å². The van der Waals surface area contributed by atoms with Crippen LogP contribution >= 0.6 is 0 Å². The third kappa shape index (κ3) is 26.2. The molecule has 0 aliphatic rings. The standard InChI is InChI=1S/C35H70O13Si2/c1-7-43-49(44-8-2,45-9-3)31-23-17-25-33(36)39-27-19-13-15-21-29-41-35(38)42-30-22-16-14-20-28-40-34(37)26-18-24-32-50(46-10-4,47-11-5)48-12-6/h7-32H2,1-6H3. The van der Waals surface area contributed by atoms with E-state index < -0.39 is 23.8 Å². The Morgan fingerprint density at radius 3 is 0.920 bits per heavy atom. The lowest BCUT2D eigenvalue weighted by atomic mass is 10.2. The molecule has 0 aliphatic carbocycles. The molecule has 0 aromatic carbocycles. The van der Waals surface area contributed by atoms with Crippen molar-refractivity contribution in [3.63, 3.8) is 0 Å². The van der Waals surface area contributed by atoms with Crippen molar-refractivity contribution in [1.29, 1.82) is 0 Å². The van der Waals surface area contributed by atoms with Crippen LogP contribution in [0.5, 0.6) is 0 Å². The lowest BCUT2D eigenvalue weighted by molar-refractivity contribution is -0.144. The lowest BCUT2D eigenvalue weighted by Gasteiger charge is -2.28. The molecule has 0 bridgehead atoms. The fraction of sp³-hybridized carbons (Fsp3) is 0.914. The van der Waals surface area contributed by atoms with Crippen LogP contribution in [-0.4, -0.2) is 102 Å². The van der Waals surface area contributed by atoms with Crippen molar-refractivity contribution in [1.82, 2.24) is 0 Å². The van der Waals surface area contributed by atoms with E-state index >= 15 is 0 Å². The Kier molecular flexibility index (Phi) is 32.2. The van der Waals surface area contributed by atoms with Gasteiger partial charge in [0, 0.05) is 64.6 Å². The van der Waals surface area contributed by atoms with E-state index in [1.807, 2.05) is 41.5 Å². The number of rotatable bonds is 36. The Labute approximate surface area is 304 Å². The fourth-order valence-electron chi connectivity index (χ4n) is 5.21. The van der Waals surface area contributed by atoms with E-state index in [-0.39, 0.29) is 11.9 Å². The molecular formula is C35H70O13Si2. The van der Waals surface area contributed by atoms with E-state index in [0.29, 0.717) is 104 Å². The summed E-state index contributed by atoms with van der Waals surface area (Å²) in [6, 6.07) is 1.38. The topological polar surface area (TPSA) is 144 Å². The van der Waals surface area contributed by atoms with Crippen molar-refractivity contribution in [2.75, 3.05) is 66.1 Å². The smallest absolute Gasteiger partial charge is 0.466 e. The normalized spacial score (nSPS) is 11.8. The first-order valence-corrected chi connectivity index (χ1v) is 23.1. The zero-order chi connectivity index (χ0) is 37.2. The number of esters is 2. The van der Waals surface area contributed by atoms with E-state index in [1.165, 1.54) is 0 Å². The maximum atomic E-state index is 12.1. The number of hydrogen-bond donors (Lipinski definition) is 0. The van der Waals surface area contributed by atoms with E-state index in [9.17, 15) is 14.4 Å². The summed E-state index contributed by atoms with van der Waals surface area (Å²) in [6.07, 6.45) is 9.55. The summed E-state index contributed by atoms with van der Waals surface area (Å²) in [7, 11) is -5.32. The van der Waals surface area contributed by atoms with Crippen LogP contribution in [-0.2, 0) is 55.1 Å². The second kappa shape index (κ2) is 33.3. The Balaban J connectivity index is 3.69. The first-order chi connectivity index (χ1) is 24.3. The van der Waals surface area contributed by atoms with E-state index in [1.54, 1.807) is 0 Å². The van der Waals surface area contributed by atoms with Crippen LogP contribution < -0.4 is 0 Å². The number of carbonyl (C=O) groups is 3. The minimum absolute atomic E-state index is 0.193. The maximum absolute atomic E-state index is 12.1. The van der Waals surface area contributed by atoms with Gasteiger partial charge in [0.15, 0.2) is 0 Å². The van der Waals surface area contributed by atoms with Crippen LogP contribution in [0.2, 0.25) is 12.1 Å². The fourth-order valence-corrected chi connectivity index (χ4v) is 10.6. The van der Waals surface area contributed by atoms with Crippen molar-refractivity contribution in [2.24, 2.45) is 0 Å². The number of hydrogen-bond acceptors (Lipinski definition) is 13. The molecule has 0 saturated heterocycles. The van der Waals surface area contributed by atoms with E-state index in [2.05, 4.69) is 0 Å². The van der Waals surface area contributed by atoms with Gasteiger partial charge in [0.2, 0.25) is 0 Å². The quantitative estimate of drug-likeness (QED) is 0.0266. The molecule has 50 heavy (non-hydrogen) atoms. The second-order valence-electron chi connectivity index (χ2n) is 11.6. The van der Waals surface area contributed by atoms with Crippen molar-refractivity contribution >= 4 is 35.7 Å². The molecule has 0 rings (SSSR count). The number of unbranched alkanes of at least 4 members (excludes halogenated alkanes) is 8. The molecule has 0 aromatic heterocycles. The molecule has 0 N–H and O–H groups in total. The highest BCUT2D eigenvalue weighted by atomic mass is 28.4. The summed E-state index contributed by atoms with van der Waals surface area (Å²) >= 11 is 0. The van der Waals surface area contributed by atoms with Gasteiger partial charge in [0.1, 0.15) is 0 Å². The van der Waals surface area contributed by atoms with Crippen molar-refractivity contribution in [3.05, 3.63) is 0 Å². The summed E-state index contributed by atoms with van der Waals surface area (Å²) in [5.41, 5.74) is 0. The molecule has 0 aromatic rings. The van der Waals surface area contributed by atoms with Gasteiger partial charge in [-0.25, -0.2) is 4.79 Å². The van der Waals surface area contributed by atoms with Crippen molar-refractivity contribution in [3.8, 4) is 0 Å². The predicted molar refractivity (Wildman–Crippen MR) is 195 cm³/mol. The Morgan fingerprint density at radius 1 is 0.360 bits per heavy atom. The highest BCUT2D eigenvalue weighted by molar-refractivity contribution is 6.61. The zero-order valence-corrected chi connectivity index (χ0v) is 34.2. The van der Waals surface area contributed by atoms with Gasteiger partial charge >= 0.3 is 35.7 Å². The summed E-state index contributed by atoms with van der Waals surface area (Å²) in [5, 5.41) is 0. The highest BCUT2D eigenvalue weighted by Crippen LogP contribution is 2.21. The second-order valence-corrected chi connectivity index (χ2v) is 17.1. The minimum atomic E-state index is -2.66. The highest BCUT2D eigenvalue weighted by Gasteiger charge is 2.40. The van der Waals surface area contributed by atoms with Gasteiger partial charge in [-0.15, -0.1) is 0 Å². The molecule has 13 nitrogen and oxygen atoms in total. The van der Waals surface area contributed by atoms with E-state index in [4.69, 9.17) is 45.5 Å². The molecule has 0 amide bonds. The van der Waals surface area contributed by atoms with Crippen LogP contribution in [0.1, 0.15) is 131 Å². The van der Waals surface area contributed by atoms with Crippen LogP contribution in [0.25, 0.3) is 0 Å².